The standard InChI is InChI=1S/C22H14Cl2FN3O2S/c23-14-8-7-13(10-15(14)24)11-18-21(30)28(19-6-2-1-4-16(19)25)22(27-18)31-12-20(29)17-5-3-9-26-17/h1-11,26H,12H2. The van der Waals surface area contributed by atoms with Crippen LogP contribution in [0.1, 0.15) is 16.1 Å². The molecule has 0 unspecified atom stereocenters. The van der Waals surface area contributed by atoms with Gasteiger partial charge in [0.15, 0.2) is 11.0 Å². The van der Waals surface area contributed by atoms with Crippen LogP contribution in [0.3, 0.4) is 0 Å². The Kier molecular flexibility index (Phi) is 6.27. The van der Waals surface area contributed by atoms with Crippen LogP contribution in [-0.2, 0) is 4.79 Å². The highest BCUT2D eigenvalue weighted by atomic mass is 35.5. The summed E-state index contributed by atoms with van der Waals surface area (Å²) in [6, 6.07) is 14.2. The normalized spacial score (nSPS) is 14.9. The van der Waals surface area contributed by atoms with Crippen LogP contribution < -0.4 is 4.90 Å². The number of hydrogen-bond donors (Lipinski definition) is 1. The average molecular weight is 474 g/mol. The summed E-state index contributed by atoms with van der Waals surface area (Å²) in [6.07, 6.45) is 3.19. The number of hydrogen-bond acceptors (Lipinski definition) is 4. The molecule has 1 aliphatic heterocycles. The molecule has 1 aliphatic rings. The van der Waals surface area contributed by atoms with Crippen LogP contribution in [0.2, 0.25) is 10.0 Å². The number of thioether (sulfide) groups is 1. The van der Waals surface area contributed by atoms with Crippen LogP contribution in [0.15, 0.2) is 71.5 Å². The highest BCUT2D eigenvalue weighted by Gasteiger charge is 2.34. The predicted molar refractivity (Wildman–Crippen MR) is 123 cm³/mol. The number of carbonyl (C=O) groups excluding carboxylic acids is 2. The molecule has 0 spiro atoms. The topological polar surface area (TPSA) is 65.5 Å². The molecule has 1 aromatic heterocycles. The molecule has 2 aromatic carbocycles. The minimum Gasteiger partial charge on any atom is -0.359 e. The summed E-state index contributed by atoms with van der Waals surface area (Å²) in [6.45, 7) is 0. The van der Waals surface area contributed by atoms with E-state index >= 15 is 0 Å². The number of ketones is 1. The van der Waals surface area contributed by atoms with Gasteiger partial charge in [0.25, 0.3) is 5.91 Å². The zero-order valence-corrected chi connectivity index (χ0v) is 18.1. The average Bonchev–Trinajstić information content (AvgIpc) is 3.39. The first kappa shape index (κ1) is 21.4. The van der Waals surface area contributed by atoms with Gasteiger partial charge in [-0.05, 0) is 48.0 Å². The highest BCUT2D eigenvalue weighted by Crippen LogP contribution is 2.32. The Morgan fingerprint density at radius 1 is 1.13 bits per heavy atom. The number of nitrogens with zero attached hydrogens (tertiary/aromatic N) is 2. The molecular weight excluding hydrogens is 460 g/mol. The lowest BCUT2D eigenvalue weighted by Gasteiger charge is -2.18. The number of halogens is 3. The molecule has 0 radical (unpaired) electrons. The number of anilines is 1. The molecule has 0 saturated heterocycles. The van der Waals surface area contributed by atoms with E-state index < -0.39 is 11.7 Å². The van der Waals surface area contributed by atoms with Gasteiger partial charge in [0.05, 0.1) is 27.2 Å². The molecule has 2 heterocycles. The van der Waals surface area contributed by atoms with Crippen LogP contribution in [-0.4, -0.2) is 27.6 Å². The van der Waals surface area contributed by atoms with Gasteiger partial charge in [-0.25, -0.2) is 9.38 Å². The van der Waals surface area contributed by atoms with Crippen LogP contribution in [0.4, 0.5) is 10.1 Å². The van der Waals surface area contributed by atoms with Crippen molar-refractivity contribution in [3.8, 4) is 0 Å². The van der Waals surface area contributed by atoms with Crippen LogP contribution in [0, 0.1) is 5.82 Å². The monoisotopic (exact) mass is 473 g/mol. The maximum Gasteiger partial charge on any atom is 0.283 e. The molecule has 1 amide bonds. The maximum atomic E-state index is 14.5. The van der Waals surface area contributed by atoms with Crippen molar-refractivity contribution in [2.45, 2.75) is 0 Å². The first-order chi connectivity index (χ1) is 14.9. The third kappa shape index (κ3) is 4.58. The number of carbonyl (C=O) groups is 2. The second-order valence-electron chi connectivity index (χ2n) is 6.49. The fourth-order valence-corrected chi connectivity index (χ4v) is 4.11. The highest BCUT2D eigenvalue weighted by molar-refractivity contribution is 8.14. The fraction of sp³-hybridized carbons (Fsp3) is 0.0455. The number of Topliss-reactive ketones (excluding diaryl/α,β-unsaturated/α-hetero) is 1. The van der Waals surface area contributed by atoms with E-state index in [2.05, 4.69) is 9.98 Å². The number of nitrogens with one attached hydrogen (secondary N) is 1. The Bertz CT molecular complexity index is 1230. The lowest BCUT2D eigenvalue weighted by Crippen LogP contribution is -2.31. The number of rotatable bonds is 5. The lowest BCUT2D eigenvalue weighted by molar-refractivity contribution is -0.113. The minimum atomic E-state index is -0.573. The van der Waals surface area contributed by atoms with Crippen molar-refractivity contribution in [2.75, 3.05) is 10.7 Å². The molecule has 0 atom stereocenters. The van der Waals surface area contributed by atoms with Crippen LogP contribution >= 0.6 is 35.0 Å². The number of aromatic amines is 1. The first-order valence-electron chi connectivity index (χ1n) is 9.08. The molecule has 4 rings (SSSR count). The number of para-hydroxylation sites is 1. The molecule has 0 fully saturated rings. The van der Waals surface area contributed by atoms with Gasteiger partial charge in [-0.15, -0.1) is 0 Å². The number of H-pyrrole nitrogens is 1. The Morgan fingerprint density at radius 3 is 2.65 bits per heavy atom. The largest absolute Gasteiger partial charge is 0.359 e. The quantitative estimate of drug-likeness (QED) is 0.374. The Morgan fingerprint density at radius 2 is 1.94 bits per heavy atom. The zero-order valence-electron chi connectivity index (χ0n) is 15.8. The van der Waals surface area contributed by atoms with Gasteiger partial charge in [0.1, 0.15) is 11.5 Å². The van der Waals surface area contributed by atoms with Crippen molar-refractivity contribution in [2.24, 2.45) is 4.99 Å². The molecule has 156 valence electrons. The summed E-state index contributed by atoms with van der Waals surface area (Å²) in [5, 5.41) is 0.931. The molecule has 0 bridgehead atoms. The van der Waals surface area contributed by atoms with Gasteiger partial charge in [0.2, 0.25) is 0 Å². The Balaban J connectivity index is 1.67. The minimum absolute atomic E-state index is 0.0254. The molecule has 0 saturated carbocycles. The van der Waals surface area contributed by atoms with Gasteiger partial charge in [0, 0.05) is 6.20 Å². The molecule has 3 aromatic rings. The predicted octanol–water partition coefficient (Wildman–Crippen LogP) is 5.82. The number of aliphatic imine (C=N–C) groups is 1. The Hall–Kier alpha value is -2.87. The molecule has 0 aliphatic carbocycles. The van der Waals surface area contributed by atoms with Crippen molar-refractivity contribution in [1.82, 2.24) is 4.98 Å². The number of amides is 1. The van der Waals surface area contributed by atoms with Crippen LogP contribution in [0.5, 0.6) is 0 Å². The first-order valence-corrected chi connectivity index (χ1v) is 10.8. The van der Waals surface area contributed by atoms with Crippen molar-refractivity contribution >= 4 is 63.6 Å². The van der Waals surface area contributed by atoms with Crippen molar-refractivity contribution in [3.63, 3.8) is 0 Å². The molecule has 9 heteroatoms. The molecular formula is C22H14Cl2FN3O2S. The summed E-state index contributed by atoms with van der Waals surface area (Å²) in [7, 11) is 0. The fourth-order valence-electron chi connectivity index (χ4n) is 2.91. The van der Waals surface area contributed by atoms with E-state index in [1.165, 1.54) is 23.1 Å². The van der Waals surface area contributed by atoms with Gasteiger partial charge < -0.3 is 4.98 Å². The molecule has 5 nitrogen and oxygen atoms in total. The third-order valence-electron chi connectivity index (χ3n) is 4.40. The van der Waals surface area contributed by atoms with Crippen molar-refractivity contribution in [3.05, 3.63) is 93.6 Å². The SMILES string of the molecule is O=C(CSC1=NC(=Cc2ccc(Cl)c(Cl)c2)C(=O)N1c1ccccc1F)c1ccc[nH]1. The maximum absolute atomic E-state index is 14.5. The van der Waals surface area contributed by atoms with Gasteiger partial charge in [-0.3, -0.25) is 14.5 Å². The molecule has 1 N–H and O–H groups in total. The van der Waals surface area contributed by atoms with E-state index in [0.29, 0.717) is 21.3 Å². The van der Waals surface area contributed by atoms with E-state index in [-0.39, 0.29) is 28.1 Å². The lowest BCUT2D eigenvalue weighted by atomic mass is 10.2. The molecule has 31 heavy (non-hydrogen) atoms. The second-order valence-corrected chi connectivity index (χ2v) is 8.24. The van der Waals surface area contributed by atoms with Gasteiger partial charge in [-0.1, -0.05) is 53.2 Å². The van der Waals surface area contributed by atoms with E-state index in [4.69, 9.17) is 23.2 Å². The Labute approximate surface area is 191 Å². The second kappa shape index (κ2) is 9.09. The van der Waals surface area contributed by atoms with Crippen molar-refractivity contribution < 1.29 is 14.0 Å². The summed E-state index contributed by atoms with van der Waals surface area (Å²) < 4.78 is 14.5. The third-order valence-corrected chi connectivity index (χ3v) is 6.08. The summed E-state index contributed by atoms with van der Waals surface area (Å²) >= 11 is 13.1. The van der Waals surface area contributed by atoms with E-state index in [9.17, 15) is 14.0 Å². The van der Waals surface area contributed by atoms with Gasteiger partial charge >= 0.3 is 0 Å². The number of aromatic nitrogens is 1. The summed E-state index contributed by atoms with van der Waals surface area (Å²) in [5.41, 5.74) is 1.21. The summed E-state index contributed by atoms with van der Waals surface area (Å²) in [5.74, 6) is -1.22. The zero-order chi connectivity index (χ0) is 22.0. The number of benzene rings is 2. The number of amidine groups is 1. The van der Waals surface area contributed by atoms with Crippen LogP contribution in [0.25, 0.3) is 6.08 Å². The van der Waals surface area contributed by atoms with Gasteiger partial charge in [-0.2, -0.15) is 0 Å². The smallest absolute Gasteiger partial charge is 0.283 e. The summed E-state index contributed by atoms with van der Waals surface area (Å²) in [4.78, 5) is 33.9. The van der Waals surface area contributed by atoms with E-state index in [1.807, 2.05) is 0 Å². The van der Waals surface area contributed by atoms with E-state index in [1.54, 1.807) is 48.7 Å². The van der Waals surface area contributed by atoms with Crippen molar-refractivity contribution in [1.29, 1.82) is 0 Å². The van der Waals surface area contributed by atoms with E-state index in [0.717, 1.165) is 11.8 Å².